The van der Waals surface area contributed by atoms with Crippen LogP contribution in [0.2, 0.25) is 0 Å². The van der Waals surface area contributed by atoms with E-state index in [9.17, 15) is 8.78 Å². The second-order valence-electron chi connectivity index (χ2n) is 24.4. The number of benzene rings is 8. The normalized spacial score (nSPS) is 12.8. The second kappa shape index (κ2) is 22.2. The van der Waals surface area contributed by atoms with Gasteiger partial charge in [-0.3, -0.25) is 0 Å². The number of para-hydroxylation sites is 3. The first kappa shape index (κ1) is 58.6. The van der Waals surface area contributed by atoms with Crippen molar-refractivity contribution in [3.8, 4) is 50.7 Å². The van der Waals surface area contributed by atoms with Crippen LogP contribution in [0.5, 0.6) is 11.5 Å². The predicted molar refractivity (Wildman–Crippen MR) is 320 cm³/mol. The molecule has 0 aliphatic carbocycles. The zero-order chi connectivity index (χ0) is 58.4. The molecule has 5 nitrogen and oxygen atoms in total. The van der Waals surface area contributed by atoms with E-state index in [1.807, 2.05) is 86.5 Å². The molecule has 10 aromatic rings. The van der Waals surface area contributed by atoms with E-state index in [4.69, 9.17) is 9.72 Å². The van der Waals surface area contributed by atoms with E-state index in [0.717, 1.165) is 55.4 Å². The Kier molecular flexibility index (Phi) is 15.7. The predicted octanol–water partition coefficient (Wildman–Crippen LogP) is 20.8. The van der Waals surface area contributed by atoms with Crippen LogP contribution in [-0.2, 0) is 31.9 Å². The van der Waals surface area contributed by atoms with Crippen LogP contribution in [0.15, 0.2) is 140 Å². The van der Waals surface area contributed by atoms with Crippen molar-refractivity contribution in [3.05, 3.63) is 221 Å². The Balaban J connectivity index is 0.00000769. The summed E-state index contributed by atoms with van der Waals surface area (Å²) in [7, 11) is 0. The van der Waals surface area contributed by atoms with Gasteiger partial charge in [0.2, 0.25) is 0 Å². The van der Waals surface area contributed by atoms with Gasteiger partial charge in [0.05, 0.1) is 11.1 Å². The van der Waals surface area contributed by atoms with Crippen molar-refractivity contribution in [3.63, 3.8) is 0 Å². The number of aromatic nitrogens is 2. The molecule has 11 rings (SSSR count). The molecule has 0 saturated carbocycles. The standard InChI is InChI=1S/C71H63F6N4O.Pt/c1-39(2)42-27-53(40(3)4)66(54(28-42)41(5)6)43-25-48(36-50(26-43)82-49-21-22-52-51-17-13-14-18-61(51)81(64(52)37-49)65-31-44(23-24-78-65)70(7,8)9)79-38-80(63-20-16-15-19-62(63)79)69-55(67-57(74)32-46(72)33-58(67)75)29-45(71(10,11)12)30-56(69)68-59(76)34-47(73)35-60(68)77;/h13-35,38-41H,1-12H3;/q-3;. The average molecular weight is 1300 g/mol. The van der Waals surface area contributed by atoms with E-state index in [1.54, 1.807) is 35.8 Å². The molecule has 0 radical (unpaired) electrons. The minimum Gasteiger partial charge on any atom is -0.509 e. The SMILES string of the molecule is CC(C)c1cc(C(C)C)c(-c2cc(Oc3[c-]c4c(cc3)c3ccccc3n4-c3cc(C(C)(C)C)ccn3)[c-]c(N3[CH-]N(c4c(-c5c(F)cc(F)cc5F)cc(C(C)(C)C)cc4-c4c(F)cc(F)cc4F)c4ccccc43)c2)c(C(C)C)c1.[Pt]. The molecule has 8 aromatic carbocycles. The molecule has 83 heavy (non-hydrogen) atoms. The van der Waals surface area contributed by atoms with E-state index < -0.39 is 51.4 Å². The van der Waals surface area contributed by atoms with E-state index in [2.05, 4.69) is 109 Å². The third kappa shape index (κ3) is 10.9. The maximum absolute atomic E-state index is 16.5. The summed E-state index contributed by atoms with van der Waals surface area (Å²) in [6.45, 7) is 26.8. The quantitative estimate of drug-likeness (QED) is 0.0955. The van der Waals surface area contributed by atoms with E-state index in [1.165, 1.54) is 5.56 Å². The first-order valence-electron chi connectivity index (χ1n) is 27.7. The van der Waals surface area contributed by atoms with Gasteiger partial charge in [-0.1, -0.05) is 131 Å². The number of anilines is 4. The average Bonchev–Trinajstić information content (AvgIpc) is 2.09. The molecule has 0 saturated heterocycles. The summed E-state index contributed by atoms with van der Waals surface area (Å²) in [4.78, 5) is 8.33. The van der Waals surface area contributed by atoms with Gasteiger partial charge in [-0.05, 0) is 110 Å². The summed E-state index contributed by atoms with van der Waals surface area (Å²) in [5.41, 5.74) is 7.58. The van der Waals surface area contributed by atoms with E-state index in [0.29, 0.717) is 58.4 Å². The molecule has 0 fully saturated rings. The number of ether oxygens (including phenoxy) is 1. The minimum absolute atomic E-state index is 0. The smallest absolute Gasteiger partial charge is 0.136 e. The van der Waals surface area contributed by atoms with Crippen LogP contribution in [0.1, 0.15) is 129 Å². The molecule has 1 aliphatic heterocycles. The van der Waals surface area contributed by atoms with Crippen molar-refractivity contribution in [1.82, 2.24) is 9.55 Å². The van der Waals surface area contributed by atoms with Gasteiger partial charge in [0.25, 0.3) is 0 Å². The molecule has 0 atom stereocenters. The van der Waals surface area contributed by atoms with Gasteiger partial charge in [0.1, 0.15) is 40.7 Å². The fraction of sp³-hybridized carbons (Fsp3) is 0.239. The molecule has 0 spiro atoms. The van der Waals surface area contributed by atoms with Crippen LogP contribution < -0.4 is 14.5 Å². The van der Waals surface area contributed by atoms with Crippen LogP contribution in [-0.4, -0.2) is 9.55 Å². The Bertz CT molecular complexity index is 4020. The molecule has 428 valence electrons. The fourth-order valence-corrected chi connectivity index (χ4v) is 11.2. The number of hydrogen-bond acceptors (Lipinski definition) is 4. The number of nitrogens with zero attached hydrogens (tertiary/aromatic N) is 4. The topological polar surface area (TPSA) is 33.5 Å². The van der Waals surface area contributed by atoms with Gasteiger partial charge in [0.15, 0.2) is 0 Å². The van der Waals surface area contributed by atoms with Crippen LogP contribution in [0, 0.1) is 53.7 Å². The van der Waals surface area contributed by atoms with Crippen molar-refractivity contribution >= 4 is 44.6 Å². The monoisotopic (exact) mass is 1300 g/mol. The largest absolute Gasteiger partial charge is 0.509 e. The fourth-order valence-electron chi connectivity index (χ4n) is 11.2. The molecular weight excluding hydrogens is 1230 g/mol. The Morgan fingerprint density at radius 2 is 1.06 bits per heavy atom. The van der Waals surface area contributed by atoms with Crippen LogP contribution in [0.4, 0.5) is 49.1 Å². The van der Waals surface area contributed by atoms with Crippen molar-refractivity contribution in [2.75, 3.05) is 9.80 Å². The van der Waals surface area contributed by atoms with Crippen molar-refractivity contribution < 1.29 is 52.1 Å². The maximum atomic E-state index is 16.5. The number of halogens is 6. The Morgan fingerprint density at radius 1 is 0.518 bits per heavy atom. The first-order chi connectivity index (χ1) is 38.9. The van der Waals surface area contributed by atoms with Gasteiger partial charge in [-0.15, -0.1) is 53.6 Å². The van der Waals surface area contributed by atoms with Gasteiger partial charge in [0, 0.05) is 96.7 Å². The molecule has 3 heterocycles. The van der Waals surface area contributed by atoms with Crippen molar-refractivity contribution in [2.45, 2.75) is 112 Å². The molecule has 0 N–H and O–H groups in total. The summed E-state index contributed by atoms with van der Waals surface area (Å²) in [6.07, 6.45) is 1.83. The van der Waals surface area contributed by atoms with Gasteiger partial charge < -0.3 is 19.1 Å². The summed E-state index contributed by atoms with van der Waals surface area (Å²) in [6, 6.07) is 44.6. The molecule has 12 heteroatoms. The van der Waals surface area contributed by atoms with Crippen molar-refractivity contribution in [2.24, 2.45) is 0 Å². The molecular formula is C71H63F6N4OPt-3. The first-order valence-corrected chi connectivity index (χ1v) is 27.7. The molecule has 1 aliphatic rings. The summed E-state index contributed by atoms with van der Waals surface area (Å²) in [5, 5.41) is 1.98. The van der Waals surface area contributed by atoms with Crippen LogP contribution in [0.3, 0.4) is 0 Å². The van der Waals surface area contributed by atoms with Crippen LogP contribution >= 0.6 is 0 Å². The Hall–Kier alpha value is -7.62. The second-order valence-corrected chi connectivity index (χ2v) is 24.4. The van der Waals surface area contributed by atoms with Gasteiger partial charge >= 0.3 is 0 Å². The van der Waals surface area contributed by atoms with E-state index >= 15 is 17.6 Å². The zero-order valence-corrected chi connectivity index (χ0v) is 50.6. The Morgan fingerprint density at radius 3 is 1.60 bits per heavy atom. The number of fused-ring (bicyclic) bond motifs is 4. The number of hydrogen-bond donors (Lipinski definition) is 0. The van der Waals surface area contributed by atoms with E-state index in [-0.39, 0.29) is 61.0 Å². The number of rotatable bonds is 11. The van der Waals surface area contributed by atoms with Crippen LogP contribution in [0.25, 0.3) is 61.0 Å². The third-order valence-electron chi connectivity index (χ3n) is 15.5. The van der Waals surface area contributed by atoms with Crippen molar-refractivity contribution in [1.29, 1.82) is 0 Å². The third-order valence-corrected chi connectivity index (χ3v) is 15.5. The zero-order valence-electron chi connectivity index (χ0n) is 48.4. The van der Waals surface area contributed by atoms with Gasteiger partial charge in [-0.2, -0.15) is 6.07 Å². The van der Waals surface area contributed by atoms with Gasteiger partial charge in [-0.25, -0.2) is 31.3 Å². The summed E-state index contributed by atoms with van der Waals surface area (Å²) >= 11 is 0. The molecule has 0 bridgehead atoms. The summed E-state index contributed by atoms with van der Waals surface area (Å²) in [5.74, 6) is -5.35. The molecule has 0 unspecified atom stereocenters. The molecule has 0 amide bonds. The minimum atomic E-state index is -1.24. The Labute approximate surface area is 496 Å². The number of pyridine rings is 1. The maximum Gasteiger partial charge on any atom is 0.136 e. The molecule has 2 aromatic heterocycles. The summed E-state index contributed by atoms with van der Waals surface area (Å²) < 4.78 is 105.